The maximum atomic E-state index is 13.7. The van der Waals surface area contributed by atoms with Crippen LogP contribution in [-0.4, -0.2) is 32.9 Å². The summed E-state index contributed by atoms with van der Waals surface area (Å²) in [5.74, 6) is 3.86. The Kier molecular flexibility index (Phi) is 6.35. The van der Waals surface area contributed by atoms with Crippen LogP contribution in [0.4, 0.5) is 4.39 Å². The number of unbranched alkanes of at least 4 members (excludes halogenated alkanes) is 1. The number of carbonyl (C=O) groups is 1. The monoisotopic (exact) mass is 511 g/mol. The maximum Gasteiger partial charge on any atom is 0.266 e. The average Bonchev–Trinajstić information content (AvgIpc) is 3.35. The van der Waals surface area contributed by atoms with Crippen LogP contribution in [0.1, 0.15) is 56.3 Å². The predicted molar refractivity (Wildman–Crippen MR) is 140 cm³/mol. The zero-order valence-electron chi connectivity index (χ0n) is 19.6. The molecule has 2 aromatic rings. The summed E-state index contributed by atoms with van der Waals surface area (Å²) in [5.41, 5.74) is 1.77. The van der Waals surface area contributed by atoms with Gasteiger partial charge in [-0.3, -0.25) is 9.69 Å². The molecule has 7 heteroatoms. The normalized spacial score (nSPS) is 30.7. The molecule has 1 aliphatic heterocycles. The van der Waals surface area contributed by atoms with E-state index in [9.17, 15) is 14.3 Å². The molecule has 1 aromatic heterocycles. The van der Waals surface area contributed by atoms with E-state index in [-0.39, 0.29) is 24.4 Å². The van der Waals surface area contributed by atoms with Crippen molar-refractivity contribution in [2.75, 3.05) is 6.61 Å². The van der Waals surface area contributed by atoms with E-state index in [0.29, 0.717) is 39.0 Å². The second-order valence-corrected chi connectivity index (χ2v) is 12.3. The van der Waals surface area contributed by atoms with Crippen LogP contribution in [0.2, 0.25) is 0 Å². The van der Waals surface area contributed by atoms with E-state index in [1.54, 1.807) is 12.1 Å². The molecule has 1 aromatic carbocycles. The van der Waals surface area contributed by atoms with Gasteiger partial charge in [-0.25, -0.2) is 4.39 Å². The highest BCUT2D eigenvalue weighted by molar-refractivity contribution is 8.26. The van der Waals surface area contributed by atoms with Gasteiger partial charge >= 0.3 is 0 Å². The summed E-state index contributed by atoms with van der Waals surface area (Å²) in [4.78, 5) is 16.2. The molecule has 0 unspecified atom stereocenters. The lowest BCUT2D eigenvalue weighted by Crippen LogP contribution is -2.57. The quantitative estimate of drug-likeness (QED) is 0.264. The van der Waals surface area contributed by atoms with Crippen LogP contribution < -0.4 is 0 Å². The van der Waals surface area contributed by atoms with Gasteiger partial charge in [-0.05, 0) is 111 Å². The van der Waals surface area contributed by atoms with Crippen molar-refractivity contribution in [3.63, 3.8) is 0 Å². The Morgan fingerprint density at radius 3 is 2.43 bits per heavy atom. The fourth-order valence-electron chi connectivity index (χ4n) is 7.12. The number of benzene rings is 1. The lowest BCUT2D eigenvalue weighted by atomic mass is 9.54. The molecule has 0 radical (unpaired) electrons. The SMILES string of the molecule is O=C1/C(=C/c2oc(-c3ccc(F)cc3)cc2CCCCO)SC(=S)N1C1C2CC3CC(C2)CC1C3. The Balaban J connectivity index is 1.29. The number of thioether (sulfide) groups is 1. The number of rotatable bonds is 7. The second kappa shape index (κ2) is 9.49. The van der Waals surface area contributed by atoms with E-state index in [4.69, 9.17) is 16.6 Å². The Hall–Kier alpha value is -1.96. The van der Waals surface area contributed by atoms with Crippen LogP contribution in [-0.2, 0) is 11.2 Å². The number of halogens is 1. The molecule has 35 heavy (non-hydrogen) atoms. The van der Waals surface area contributed by atoms with Crippen molar-refractivity contribution in [2.45, 2.75) is 57.4 Å². The lowest BCUT2D eigenvalue weighted by molar-refractivity contribution is -0.130. The summed E-state index contributed by atoms with van der Waals surface area (Å²) in [7, 11) is 0. The van der Waals surface area contributed by atoms with Crippen molar-refractivity contribution in [3.8, 4) is 11.3 Å². The van der Waals surface area contributed by atoms with Gasteiger partial charge in [-0.15, -0.1) is 0 Å². The van der Waals surface area contributed by atoms with Gasteiger partial charge in [0.2, 0.25) is 0 Å². The van der Waals surface area contributed by atoms with Gasteiger partial charge in [0.15, 0.2) is 0 Å². The van der Waals surface area contributed by atoms with Gasteiger partial charge in [-0.2, -0.15) is 0 Å². The molecule has 4 aliphatic carbocycles. The molecule has 184 valence electrons. The maximum absolute atomic E-state index is 13.7. The molecule has 1 amide bonds. The van der Waals surface area contributed by atoms with Crippen molar-refractivity contribution < 1.29 is 18.7 Å². The number of thiocarbonyl (C=S) groups is 1. The van der Waals surface area contributed by atoms with Gasteiger partial charge in [0, 0.05) is 24.3 Å². The summed E-state index contributed by atoms with van der Waals surface area (Å²) < 4.78 is 20.3. The number of aliphatic hydroxyl groups excluding tert-OH is 1. The first-order valence-electron chi connectivity index (χ1n) is 12.8. The number of aryl methyl sites for hydroxylation is 1. The van der Waals surface area contributed by atoms with Gasteiger partial charge in [0.05, 0.1) is 4.91 Å². The third-order valence-corrected chi connectivity index (χ3v) is 9.72. The van der Waals surface area contributed by atoms with Crippen molar-refractivity contribution in [1.29, 1.82) is 0 Å². The van der Waals surface area contributed by atoms with Crippen molar-refractivity contribution in [1.82, 2.24) is 4.90 Å². The topological polar surface area (TPSA) is 53.7 Å². The Bertz CT molecular complexity index is 1140. The molecule has 2 heterocycles. The molecule has 5 fully saturated rings. The first-order chi connectivity index (χ1) is 17.0. The molecule has 5 aliphatic rings. The number of amides is 1. The number of hydrogen-bond donors (Lipinski definition) is 1. The van der Waals surface area contributed by atoms with E-state index in [1.807, 2.05) is 17.0 Å². The summed E-state index contributed by atoms with van der Waals surface area (Å²) >= 11 is 7.14. The summed E-state index contributed by atoms with van der Waals surface area (Å²) in [5, 5.41) is 9.22. The fraction of sp³-hybridized carbons (Fsp3) is 0.500. The number of aliphatic hydroxyl groups is 1. The number of hydrogen-bond acceptors (Lipinski definition) is 5. The van der Waals surface area contributed by atoms with E-state index in [0.717, 1.165) is 35.8 Å². The largest absolute Gasteiger partial charge is 0.456 e. The fourth-order valence-corrected chi connectivity index (χ4v) is 8.43. The first-order valence-corrected chi connectivity index (χ1v) is 14.0. The van der Waals surface area contributed by atoms with Gasteiger partial charge in [0.25, 0.3) is 5.91 Å². The standard InChI is InChI=1S/C28H30FNO3S2/c29-22-6-4-18(5-7-22)23-14-19(3-1-2-8-31)24(33-23)15-25-27(32)30(28(34)35-25)26-20-10-16-9-17(12-20)13-21(26)11-16/h4-7,14-17,20-21,26,31H,1-3,8-13H2/b25-15-. The second-order valence-electron chi connectivity index (χ2n) is 10.7. The number of carbonyl (C=O) groups excluding carboxylic acids is 1. The Labute approximate surface area is 215 Å². The molecule has 4 nitrogen and oxygen atoms in total. The molecule has 7 rings (SSSR count). The molecule has 1 N–H and O–H groups in total. The lowest BCUT2D eigenvalue weighted by Gasteiger charge is -2.56. The van der Waals surface area contributed by atoms with Crippen molar-refractivity contribution in [2.24, 2.45) is 23.7 Å². The van der Waals surface area contributed by atoms with Crippen molar-refractivity contribution in [3.05, 3.63) is 52.4 Å². The minimum atomic E-state index is -0.294. The van der Waals surface area contributed by atoms with Crippen molar-refractivity contribution >= 4 is 40.3 Å². The van der Waals surface area contributed by atoms with Crippen LogP contribution in [0.25, 0.3) is 17.4 Å². The van der Waals surface area contributed by atoms with Crippen LogP contribution in [0, 0.1) is 29.5 Å². The third kappa shape index (κ3) is 4.40. The highest BCUT2D eigenvalue weighted by Gasteiger charge is 2.53. The minimum absolute atomic E-state index is 0.0125. The Morgan fingerprint density at radius 1 is 1.09 bits per heavy atom. The zero-order chi connectivity index (χ0) is 24.1. The van der Waals surface area contributed by atoms with Gasteiger partial charge < -0.3 is 9.52 Å². The third-order valence-electron chi connectivity index (χ3n) is 8.39. The Morgan fingerprint density at radius 2 is 1.77 bits per heavy atom. The van der Waals surface area contributed by atoms with E-state index < -0.39 is 0 Å². The molecule has 4 bridgehead atoms. The van der Waals surface area contributed by atoms with E-state index in [2.05, 4.69) is 0 Å². The molecular formula is C28H30FNO3S2. The minimum Gasteiger partial charge on any atom is -0.456 e. The van der Waals surface area contributed by atoms with Crippen LogP contribution in [0.3, 0.4) is 0 Å². The number of nitrogens with zero attached hydrogens (tertiary/aromatic N) is 1. The highest BCUT2D eigenvalue weighted by atomic mass is 32.2. The predicted octanol–water partition coefficient (Wildman–Crippen LogP) is 6.43. The summed E-state index contributed by atoms with van der Waals surface area (Å²) in [6.07, 6.45) is 10.4. The molecule has 0 atom stereocenters. The first kappa shape index (κ1) is 23.4. The zero-order valence-corrected chi connectivity index (χ0v) is 21.3. The molecule has 0 spiro atoms. The smallest absolute Gasteiger partial charge is 0.266 e. The number of furan rings is 1. The van der Waals surface area contributed by atoms with E-state index in [1.165, 1.54) is 56.0 Å². The average molecular weight is 512 g/mol. The van der Waals surface area contributed by atoms with Crippen LogP contribution in [0.5, 0.6) is 0 Å². The van der Waals surface area contributed by atoms with Gasteiger partial charge in [0.1, 0.15) is 21.7 Å². The van der Waals surface area contributed by atoms with Crippen LogP contribution in [0.15, 0.2) is 39.7 Å². The summed E-state index contributed by atoms with van der Waals surface area (Å²) in [6, 6.07) is 8.44. The highest BCUT2D eigenvalue weighted by Crippen LogP contribution is 2.56. The molecule has 1 saturated heterocycles. The summed E-state index contributed by atoms with van der Waals surface area (Å²) in [6.45, 7) is 0.141. The van der Waals surface area contributed by atoms with Crippen LogP contribution >= 0.6 is 24.0 Å². The molecule has 4 saturated carbocycles. The van der Waals surface area contributed by atoms with Gasteiger partial charge in [-0.1, -0.05) is 24.0 Å². The molecular weight excluding hydrogens is 481 g/mol. The van der Waals surface area contributed by atoms with E-state index >= 15 is 0 Å².